The maximum atomic E-state index is 12.8. The molecule has 1 spiro atoms. The predicted molar refractivity (Wildman–Crippen MR) is 61.3 cm³/mol. The van der Waals surface area contributed by atoms with Crippen molar-refractivity contribution in [2.75, 3.05) is 0 Å². The molecule has 1 saturated heterocycles. The standard InChI is InChI=1S/C14H13F3O2/c1-8-4-9(6-10(5-8)14(15,16)17)12-13(2-3-13)7-11(18)19-12/h4-6,12H,2-3,7H2,1H3/t12-/m0/s1. The summed E-state index contributed by atoms with van der Waals surface area (Å²) in [5.74, 6) is -0.308. The van der Waals surface area contributed by atoms with E-state index in [0.717, 1.165) is 25.0 Å². The van der Waals surface area contributed by atoms with Crippen LogP contribution in [0, 0.1) is 12.3 Å². The summed E-state index contributed by atoms with van der Waals surface area (Å²) in [6.07, 6.45) is -2.87. The Balaban J connectivity index is 2.02. The van der Waals surface area contributed by atoms with E-state index in [1.165, 1.54) is 0 Å². The van der Waals surface area contributed by atoms with Gasteiger partial charge in [-0.15, -0.1) is 0 Å². The molecular weight excluding hydrogens is 257 g/mol. The van der Waals surface area contributed by atoms with Gasteiger partial charge in [-0.05, 0) is 37.5 Å². The number of ether oxygens (including phenoxy) is 1. The molecule has 0 radical (unpaired) electrons. The van der Waals surface area contributed by atoms with Crippen LogP contribution in [0.5, 0.6) is 0 Å². The van der Waals surface area contributed by atoms with Crippen molar-refractivity contribution in [1.82, 2.24) is 0 Å². The number of hydrogen-bond acceptors (Lipinski definition) is 2. The number of alkyl halides is 3. The smallest absolute Gasteiger partial charge is 0.416 e. The largest absolute Gasteiger partial charge is 0.457 e. The monoisotopic (exact) mass is 270 g/mol. The van der Waals surface area contributed by atoms with Gasteiger partial charge in [-0.3, -0.25) is 4.79 Å². The fraction of sp³-hybridized carbons (Fsp3) is 0.500. The second-order valence-corrected chi connectivity index (χ2v) is 5.54. The van der Waals surface area contributed by atoms with Gasteiger partial charge >= 0.3 is 12.1 Å². The SMILES string of the molecule is Cc1cc([C@@H]2OC(=O)CC23CC3)cc(C(F)(F)F)c1. The first-order valence-electron chi connectivity index (χ1n) is 6.18. The zero-order valence-corrected chi connectivity index (χ0v) is 10.4. The summed E-state index contributed by atoms with van der Waals surface area (Å²) >= 11 is 0. The molecule has 19 heavy (non-hydrogen) atoms. The number of carbonyl (C=O) groups excluding carboxylic acids is 1. The van der Waals surface area contributed by atoms with Crippen LogP contribution in [0.2, 0.25) is 0 Å². The Morgan fingerprint density at radius 3 is 2.53 bits per heavy atom. The van der Waals surface area contributed by atoms with Gasteiger partial charge in [0, 0.05) is 5.41 Å². The minimum Gasteiger partial charge on any atom is -0.457 e. The highest BCUT2D eigenvalue weighted by molar-refractivity contribution is 5.74. The van der Waals surface area contributed by atoms with E-state index in [4.69, 9.17) is 4.74 Å². The molecule has 3 rings (SSSR count). The fourth-order valence-electron chi connectivity index (χ4n) is 2.83. The summed E-state index contributed by atoms with van der Waals surface area (Å²) in [5.41, 5.74) is 0.0776. The van der Waals surface area contributed by atoms with E-state index in [1.807, 2.05) is 0 Å². The molecule has 1 aliphatic carbocycles. The first-order chi connectivity index (χ1) is 8.80. The molecule has 0 unspecified atom stereocenters. The van der Waals surface area contributed by atoms with Crippen molar-refractivity contribution in [2.45, 2.75) is 38.5 Å². The lowest BCUT2D eigenvalue weighted by Gasteiger charge is -2.19. The Labute approximate surface area is 108 Å². The van der Waals surface area contributed by atoms with Crippen molar-refractivity contribution in [2.24, 2.45) is 5.41 Å². The van der Waals surface area contributed by atoms with E-state index in [9.17, 15) is 18.0 Å². The topological polar surface area (TPSA) is 26.3 Å². The molecular formula is C14H13F3O2. The Hall–Kier alpha value is -1.52. The average Bonchev–Trinajstić information content (AvgIpc) is 2.95. The zero-order chi connectivity index (χ0) is 13.8. The van der Waals surface area contributed by atoms with Crippen LogP contribution < -0.4 is 0 Å². The van der Waals surface area contributed by atoms with Gasteiger partial charge < -0.3 is 4.74 Å². The van der Waals surface area contributed by atoms with Crippen molar-refractivity contribution < 1.29 is 22.7 Å². The van der Waals surface area contributed by atoms with Gasteiger partial charge in [0.2, 0.25) is 0 Å². The number of cyclic esters (lactones) is 1. The third-order valence-corrected chi connectivity index (χ3v) is 3.92. The number of hydrogen-bond donors (Lipinski definition) is 0. The minimum absolute atomic E-state index is 0.242. The lowest BCUT2D eigenvalue weighted by Crippen LogP contribution is -2.11. The highest BCUT2D eigenvalue weighted by atomic mass is 19.4. The summed E-state index contributed by atoms with van der Waals surface area (Å²) in [4.78, 5) is 11.4. The third-order valence-electron chi connectivity index (χ3n) is 3.92. The maximum absolute atomic E-state index is 12.8. The molecule has 0 aromatic heterocycles. The molecule has 1 heterocycles. The van der Waals surface area contributed by atoms with Gasteiger partial charge in [-0.1, -0.05) is 11.6 Å². The Kier molecular flexibility index (Phi) is 2.46. The molecule has 1 aromatic rings. The number of halogens is 3. The molecule has 2 fully saturated rings. The summed E-state index contributed by atoms with van der Waals surface area (Å²) in [6, 6.07) is 3.90. The predicted octanol–water partition coefficient (Wildman–Crippen LogP) is 3.78. The zero-order valence-electron chi connectivity index (χ0n) is 10.4. The van der Waals surface area contributed by atoms with Crippen LogP contribution in [-0.2, 0) is 15.7 Å². The lowest BCUT2D eigenvalue weighted by atomic mass is 9.90. The van der Waals surface area contributed by atoms with Gasteiger partial charge in [0.15, 0.2) is 0 Å². The Bertz CT molecular complexity index is 544. The van der Waals surface area contributed by atoms with Crippen LogP contribution >= 0.6 is 0 Å². The average molecular weight is 270 g/mol. The molecule has 1 aliphatic heterocycles. The molecule has 0 N–H and O–H groups in total. The van der Waals surface area contributed by atoms with Crippen molar-refractivity contribution in [3.05, 3.63) is 34.9 Å². The number of rotatable bonds is 1. The normalized spacial score (nSPS) is 24.6. The summed E-state index contributed by atoms with van der Waals surface area (Å²) in [5, 5.41) is 0. The lowest BCUT2D eigenvalue weighted by molar-refractivity contribution is -0.141. The van der Waals surface area contributed by atoms with Crippen molar-refractivity contribution in [3.63, 3.8) is 0 Å². The van der Waals surface area contributed by atoms with Crippen LogP contribution in [0.4, 0.5) is 13.2 Å². The second-order valence-electron chi connectivity index (χ2n) is 5.54. The molecule has 0 bridgehead atoms. The van der Waals surface area contributed by atoms with Crippen molar-refractivity contribution in [1.29, 1.82) is 0 Å². The summed E-state index contributed by atoms with van der Waals surface area (Å²) in [6.45, 7) is 1.62. The van der Waals surface area contributed by atoms with Gasteiger partial charge in [-0.25, -0.2) is 0 Å². The fourth-order valence-corrected chi connectivity index (χ4v) is 2.83. The first-order valence-corrected chi connectivity index (χ1v) is 6.18. The van der Waals surface area contributed by atoms with E-state index in [-0.39, 0.29) is 11.4 Å². The van der Waals surface area contributed by atoms with Crippen molar-refractivity contribution >= 4 is 5.97 Å². The molecule has 5 heteroatoms. The van der Waals surface area contributed by atoms with E-state index >= 15 is 0 Å². The summed E-state index contributed by atoms with van der Waals surface area (Å²) in [7, 11) is 0. The molecule has 1 saturated carbocycles. The van der Waals surface area contributed by atoms with Crippen LogP contribution in [0.25, 0.3) is 0 Å². The summed E-state index contributed by atoms with van der Waals surface area (Å²) < 4.78 is 43.7. The molecule has 1 aromatic carbocycles. The van der Waals surface area contributed by atoms with Gasteiger partial charge in [0.05, 0.1) is 12.0 Å². The highest BCUT2D eigenvalue weighted by Gasteiger charge is 2.58. The second kappa shape index (κ2) is 3.74. The number of esters is 1. The molecule has 2 nitrogen and oxygen atoms in total. The third kappa shape index (κ3) is 2.11. The van der Waals surface area contributed by atoms with E-state index in [1.54, 1.807) is 13.0 Å². The van der Waals surface area contributed by atoms with Gasteiger partial charge in [0.1, 0.15) is 6.10 Å². The molecule has 0 amide bonds. The maximum Gasteiger partial charge on any atom is 0.416 e. The molecule has 1 atom stereocenters. The first kappa shape index (κ1) is 12.5. The number of aryl methyl sites for hydroxylation is 1. The van der Waals surface area contributed by atoms with Gasteiger partial charge in [0.25, 0.3) is 0 Å². The Morgan fingerprint density at radius 2 is 1.95 bits per heavy atom. The molecule has 102 valence electrons. The van der Waals surface area contributed by atoms with E-state index in [0.29, 0.717) is 17.5 Å². The van der Waals surface area contributed by atoms with Crippen LogP contribution in [0.1, 0.15) is 42.1 Å². The van der Waals surface area contributed by atoms with Crippen LogP contribution in [0.15, 0.2) is 18.2 Å². The van der Waals surface area contributed by atoms with E-state index < -0.39 is 17.8 Å². The molecule has 2 aliphatic rings. The van der Waals surface area contributed by atoms with Crippen molar-refractivity contribution in [3.8, 4) is 0 Å². The minimum atomic E-state index is -4.37. The Morgan fingerprint density at radius 1 is 1.26 bits per heavy atom. The van der Waals surface area contributed by atoms with Crippen LogP contribution in [0.3, 0.4) is 0 Å². The number of benzene rings is 1. The highest BCUT2D eigenvalue weighted by Crippen LogP contribution is 2.62. The van der Waals surface area contributed by atoms with E-state index in [2.05, 4.69) is 0 Å². The quantitative estimate of drug-likeness (QED) is 0.726. The van der Waals surface area contributed by atoms with Crippen LogP contribution in [-0.4, -0.2) is 5.97 Å². The van der Waals surface area contributed by atoms with Gasteiger partial charge in [-0.2, -0.15) is 13.2 Å². The number of carbonyl (C=O) groups is 1.